The van der Waals surface area contributed by atoms with Gasteiger partial charge in [-0.15, -0.1) is 21.5 Å². The van der Waals surface area contributed by atoms with Gasteiger partial charge in [0.05, 0.1) is 4.88 Å². The van der Waals surface area contributed by atoms with Crippen molar-refractivity contribution >= 4 is 32.8 Å². The number of aromatic nitrogens is 2. The van der Waals surface area contributed by atoms with E-state index in [1.165, 1.54) is 15.0 Å². The van der Waals surface area contributed by atoms with Gasteiger partial charge in [0.15, 0.2) is 5.01 Å². The van der Waals surface area contributed by atoms with Crippen LogP contribution in [0.2, 0.25) is 0 Å². The second-order valence-electron chi connectivity index (χ2n) is 4.36. The molecule has 0 amide bonds. The van der Waals surface area contributed by atoms with Crippen molar-refractivity contribution in [3.8, 4) is 9.88 Å². The molecule has 3 nitrogen and oxygen atoms in total. The van der Waals surface area contributed by atoms with Gasteiger partial charge in [-0.05, 0) is 37.5 Å². The molecule has 3 rings (SSSR count). The van der Waals surface area contributed by atoms with E-state index in [-0.39, 0.29) is 0 Å². The topological polar surface area (TPSA) is 37.8 Å². The third-order valence-electron chi connectivity index (χ3n) is 2.92. The second kappa shape index (κ2) is 5.77. The molecule has 98 valence electrons. The van der Waals surface area contributed by atoms with E-state index < -0.39 is 0 Å². The molecule has 0 saturated heterocycles. The number of nitrogens with zero attached hydrogens (tertiary/aromatic N) is 2. The second-order valence-corrected chi connectivity index (χ2v) is 6.50. The molecule has 5 heteroatoms. The molecular weight excluding hydrogens is 274 g/mol. The van der Waals surface area contributed by atoms with Gasteiger partial charge in [-0.25, -0.2) is 0 Å². The van der Waals surface area contributed by atoms with Crippen LogP contribution in [0, 0.1) is 0 Å². The zero-order valence-electron chi connectivity index (χ0n) is 10.7. The molecule has 0 saturated carbocycles. The van der Waals surface area contributed by atoms with E-state index in [4.69, 9.17) is 0 Å². The zero-order valence-corrected chi connectivity index (χ0v) is 12.4. The molecule has 3 aromatic rings. The molecule has 0 aliphatic heterocycles. The molecule has 0 fully saturated rings. The Bertz CT molecular complexity index is 639. The molecule has 2 heterocycles. The van der Waals surface area contributed by atoms with Crippen molar-refractivity contribution < 1.29 is 0 Å². The number of benzene rings is 1. The van der Waals surface area contributed by atoms with Gasteiger partial charge in [-0.1, -0.05) is 29.5 Å². The quantitative estimate of drug-likeness (QED) is 0.730. The summed E-state index contributed by atoms with van der Waals surface area (Å²) in [6.07, 6.45) is 2.11. The summed E-state index contributed by atoms with van der Waals surface area (Å²) in [6.45, 7) is 1.03. The van der Waals surface area contributed by atoms with Crippen LogP contribution in [0.25, 0.3) is 20.0 Å². The SMILES string of the molecule is CNCCCc1nnc(-c2cc3ccccc3s2)s1. The summed E-state index contributed by atoms with van der Waals surface area (Å²) in [7, 11) is 1.97. The van der Waals surface area contributed by atoms with Gasteiger partial charge in [-0.2, -0.15) is 0 Å². The average Bonchev–Trinajstić information content (AvgIpc) is 3.04. The summed E-state index contributed by atoms with van der Waals surface area (Å²) in [5.41, 5.74) is 0. The molecule has 19 heavy (non-hydrogen) atoms. The van der Waals surface area contributed by atoms with Crippen molar-refractivity contribution in [1.29, 1.82) is 0 Å². The van der Waals surface area contributed by atoms with Gasteiger partial charge in [-0.3, -0.25) is 0 Å². The van der Waals surface area contributed by atoms with E-state index in [1.54, 1.807) is 22.7 Å². The molecule has 0 spiro atoms. The maximum Gasteiger partial charge on any atom is 0.157 e. The van der Waals surface area contributed by atoms with E-state index >= 15 is 0 Å². The summed E-state index contributed by atoms with van der Waals surface area (Å²) < 4.78 is 1.31. The Morgan fingerprint density at radius 1 is 1.16 bits per heavy atom. The first-order chi connectivity index (χ1) is 9.36. The fourth-order valence-electron chi connectivity index (χ4n) is 1.96. The lowest BCUT2D eigenvalue weighted by atomic mass is 10.2. The van der Waals surface area contributed by atoms with Gasteiger partial charge in [0.1, 0.15) is 5.01 Å². The lowest BCUT2D eigenvalue weighted by Gasteiger charge is -1.94. The molecule has 0 aliphatic rings. The van der Waals surface area contributed by atoms with Gasteiger partial charge in [0.2, 0.25) is 0 Å². The van der Waals surface area contributed by atoms with Crippen molar-refractivity contribution in [3.05, 3.63) is 35.3 Å². The maximum atomic E-state index is 4.32. The molecule has 0 unspecified atom stereocenters. The minimum absolute atomic E-state index is 1.00. The zero-order chi connectivity index (χ0) is 13.1. The van der Waals surface area contributed by atoms with Crippen molar-refractivity contribution in [2.75, 3.05) is 13.6 Å². The standard InChI is InChI=1S/C14H15N3S2/c1-15-8-4-7-13-16-17-14(19-13)12-9-10-5-2-3-6-11(10)18-12/h2-3,5-6,9,15H,4,7-8H2,1H3. The molecular formula is C14H15N3S2. The fraction of sp³-hybridized carbons (Fsp3) is 0.286. The minimum atomic E-state index is 1.00. The lowest BCUT2D eigenvalue weighted by Crippen LogP contribution is -2.08. The van der Waals surface area contributed by atoms with E-state index in [1.807, 2.05) is 7.05 Å². The maximum absolute atomic E-state index is 4.32. The number of fused-ring (bicyclic) bond motifs is 1. The summed E-state index contributed by atoms with van der Waals surface area (Å²) in [6, 6.07) is 10.6. The van der Waals surface area contributed by atoms with Crippen molar-refractivity contribution in [3.63, 3.8) is 0 Å². The predicted octanol–water partition coefficient (Wildman–Crippen LogP) is 3.57. The molecule has 0 bridgehead atoms. The molecule has 0 atom stereocenters. The Kier molecular flexibility index (Phi) is 3.87. The van der Waals surface area contributed by atoms with Crippen LogP contribution in [0.4, 0.5) is 0 Å². The number of nitrogens with one attached hydrogen (secondary N) is 1. The fourth-order valence-corrected chi connectivity index (χ4v) is 3.94. The Morgan fingerprint density at radius 3 is 2.89 bits per heavy atom. The summed E-state index contributed by atoms with van der Waals surface area (Å²) in [4.78, 5) is 1.22. The molecule has 0 radical (unpaired) electrons. The average molecular weight is 289 g/mol. The number of rotatable bonds is 5. The third kappa shape index (κ3) is 2.83. The van der Waals surface area contributed by atoms with Gasteiger partial charge < -0.3 is 5.32 Å². The predicted molar refractivity (Wildman–Crippen MR) is 83.0 cm³/mol. The number of hydrogen-bond acceptors (Lipinski definition) is 5. The van der Waals surface area contributed by atoms with Crippen LogP contribution in [0.1, 0.15) is 11.4 Å². The van der Waals surface area contributed by atoms with Crippen LogP contribution in [0.15, 0.2) is 30.3 Å². The van der Waals surface area contributed by atoms with E-state index in [0.29, 0.717) is 0 Å². The summed E-state index contributed by atoms with van der Waals surface area (Å²) in [5.74, 6) is 0. The highest BCUT2D eigenvalue weighted by Gasteiger charge is 2.09. The van der Waals surface area contributed by atoms with Crippen molar-refractivity contribution in [1.82, 2.24) is 15.5 Å². The highest BCUT2D eigenvalue weighted by atomic mass is 32.1. The molecule has 1 N–H and O–H groups in total. The number of aryl methyl sites for hydroxylation is 1. The molecule has 2 aromatic heterocycles. The van der Waals surface area contributed by atoms with E-state index in [0.717, 1.165) is 29.4 Å². The molecule has 0 aliphatic carbocycles. The van der Waals surface area contributed by atoms with Crippen LogP contribution in [0.5, 0.6) is 0 Å². The van der Waals surface area contributed by atoms with Crippen LogP contribution in [0.3, 0.4) is 0 Å². The van der Waals surface area contributed by atoms with Gasteiger partial charge in [0, 0.05) is 11.1 Å². The number of hydrogen-bond donors (Lipinski definition) is 1. The van der Waals surface area contributed by atoms with Crippen LogP contribution >= 0.6 is 22.7 Å². The number of thiophene rings is 1. The molecule has 1 aromatic carbocycles. The monoisotopic (exact) mass is 289 g/mol. The summed E-state index contributed by atoms with van der Waals surface area (Å²) >= 11 is 3.50. The lowest BCUT2D eigenvalue weighted by molar-refractivity contribution is 0.718. The highest BCUT2D eigenvalue weighted by molar-refractivity contribution is 7.25. The van der Waals surface area contributed by atoms with Gasteiger partial charge >= 0.3 is 0 Å². The highest BCUT2D eigenvalue weighted by Crippen LogP contribution is 2.34. The Balaban J connectivity index is 1.81. The first kappa shape index (κ1) is 12.7. The third-order valence-corrected chi connectivity index (χ3v) is 5.19. The first-order valence-electron chi connectivity index (χ1n) is 6.33. The van der Waals surface area contributed by atoms with Crippen LogP contribution < -0.4 is 5.32 Å². The largest absolute Gasteiger partial charge is 0.320 e. The van der Waals surface area contributed by atoms with Crippen molar-refractivity contribution in [2.24, 2.45) is 0 Å². The Morgan fingerprint density at radius 2 is 2.05 bits per heavy atom. The normalized spacial score (nSPS) is 11.2. The smallest absolute Gasteiger partial charge is 0.157 e. The van der Waals surface area contributed by atoms with E-state index in [2.05, 4.69) is 45.8 Å². The Labute approximate surface area is 120 Å². The van der Waals surface area contributed by atoms with Crippen molar-refractivity contribution in [2.45, 2.75) is 12.8 Å². The Hall–Kier alpha value is -1.30. The first-order valence-corrected chi connectivity index (χ1v) is 7.96. The summed E-state index contributed by atoms with van der Waals surface area (Å²) in [5, 5.41) is 15.2. The van der Waals surface area contributed by atoms with Crippen LogP contribution in [-0.2, 0) is 6.42 Å². The van der Waals surface area contributed by atoms with E-state index in [9.17, 15) is 0 Å². The van der Waals surface area contributed by atoms with Crippen LogP contribution in [-0.4, -0.2) is 23.8 Å². The minimum Gasteiger partial charge on any atom is -0.320 e. The van der Waals surface area contributed by atoms with Gasteiger partial charge in [0.25, 0.3) is 0 Å².